The molecule has 38 heavy (non-hydrogen) atoms. The van der Waals surface area contributed by atoms with Crippen molar-refractivity contribution in [2.24, 2.45) is 0 Å². The molecule has 12 nitrogen and oxygen atoms in total. The van der Waals surface area contributed by atoms with Crippen LogP contribution in [-0.2, 0) is 20.8 Å². The van der Waals surface area contributed by atoms with E-state index in [9.17, 15) is 14.4 Å². The number of amides is 3. The van der Waals surface area contributed by atoms with Crippen LogP contribution in [0.1, 0.15) is 45.6 Å². The summed E-state index contributed by atoms with van der Waals surface area (Å²) in [5.74, 6) is 1.24. The van der Waals surface area contributed by atoms with E-state index < -0.39 is 23.9 Å². The molecule has 2 fully saturated rings. The van der Waals surface area contributed by atoms with E-state index >= 15 is 0 Å². The van der Waals surface area contributed by atoms with Crippen LogP contribution in [0.2, 0.25) is 0 Å². The highest BCUT2D eigenvalue weighted by atomic mass is 16.6. The third kappa shape index (κ3) is 5.29. The highest BCUT2D eigenvalue weighted by molar-refractivity contribution is 5.97. The number of rotatable bonds is 5. The second-order valence-electron chi connectivity index (χ2n) is 10.5. The lowest BCUT2D eigenvalue weighted by atomic mass is 9.88. The molecule has 1 saturated heterocycles. The fourth-order valence-electron chi connectivity index (χ4n) is 4.87. The van der Waals surface area contributed by atoms with Crippen molar-refractivity contribution in [1.82, 2.24) is 15.3 Å². The van der Waals surface area contributed by atoms with Gasteiger partial charge in [-0.1, -0.05) is 12.1 Å². The number of hydrogen-bond acceptors (Lipinski definition) is 9. The van der Waals surface area contributed by atoms with Gasteiger partial charge in [-0.2, -0.15) is 4.98 Å². The summed E-state index contributed by atoms with van der Waals surface area (Å²) in [6.07, 6.45) is 1.61. The molecule has 1 saturated carbocycles. The van der Waals surface area contributed by atoms with Crippen molar-refractivity contribution in [1.29, 1.82) is 0 Å². The van der Waals surface area contributed by atoms with Gasteiger partial charge in [-0.15, -0.1) is 0 Å². The molecule has 2 aliphatic heterocycles. The first-order valence-corrected chi connectivity index (χ1v) is 12.5. The zero-order valence-corrected chi connectivity index (χ0v) is 21.8. The molecule has 12 heteroatoms. The Kier molecular flexibility index (Phi) is 6.72. The Morgan fingerprint density at radius 1 is 1.18 bits per heavy atom. The highest BCUT2D eigenvalue weighted by Gasteiger charge is 2.48. The Bertz CT molecular complexity index is 1230. The van der Waals surface area contributed by atoms with Crippen molar-refractivity contribution in [2.45, 2.75) is 70.4 Å². The molecule has 0 unspecified atom stereocenters. The maximum atomic E-state index is 12.9. The minimum atomic E-state index is -0.603. The Morgan fingerprint density at radius 2 is 1.95 bits per heavy atom. The lowest BCUT2D eigenvalue weighted by Gasteiger charge is -2.33. The molecule has 202 valence electrons. The number of ether oxygens (including phenoxy) is 4. The van der Waals surface area contributed by atoms with Crippen LogP contribution < -0.4 is 24.6 Å². The molecule has 1 aromatic carbocycles. The predicted molar refractivity (Wildman–Crippen MR) is 135 cm³/mol. The van der Waals surface area contributed by atoms with Gasteiger partial charge in [0.1, 0.15) is 17.5 Å². The van der Waals surface area contributed by atoms with Gasteiger partial charge in [-0.3, -0.25) is 9.69 Å². The van der Waals surface area contributed by atoms with Gasteiger partial charge in [0.2, 0.25) is 5.95 Å². The number of nitrogens with zero attached hydrogens (tertiary/aromatic N) is 4. The minimum Gasteiger partial charge on any atom is -0.497 e. The topological polar surface area (TPSA) is 132 Å². The molecule has 0 bridgehead atoms. The number of anilines is 2. The highest BCUT2D eigenvalue weighted by Crippen LogP contribution is 2.37. The van der Waals surface area contributed by atoms with Gasteiger partial charge in [-0.05, 0) is 51.3 Å². The number of carbonyl (C=O) groups excluding carboxylic acids is 3. The van der Waals surface area contributed by atoms with Crippen molar-refractivity contribution in [3.8, 4) is 11.5 Å². The summed E-state index contributed by atoms with van der Waals surface area (Å²) in [4.78, 5) is 49.8. The van der Waals surface area contributed by atoms with E-state index in [0.29, 0.717) is 36.6 Å². The van der Waals surface area contributed by atoms with Crippen LogP contribution >= 0.6 is 0 Å². The van der Waals surface area contributed by atoms with Gasteiger partial charge < -0.3 is 24.3 Å². The first kappa shape index (κ1) is 25.6. The SMILES string of the molecule is COc1ccc(CN2C(=O)COc3cnc(N4C(=O)O[C@H]5C[C@@H](NC(=O)OC(C)(C)C)CC[C@@H]54)nc32)cc1. The number of alkyl carbamates (subject to hydrolysis) is 1. The standard InChI is InChI=1S/C26H31N5O7/c1-26(2,3)38-24(33)28-16-7-10-18-19(11-16)37-25(34)31(18)23-27-12-20-22(29-23)30(21(32)14-36-20)13-15-5-8-17(35-4)9-6-15/h5-6,8-9,12,16,18-19H,7,10-11,13-14H2,1-4H3,(H,28,33)/t16-,18-,19-/m0/s1. The molecule has 5 rings (SSSR count). The largest absolute Gasteiger partial charge is 0.497 e. The molecule has 3 aliphatic rings. The molecule has 0 spiro atoms. The van der Waals surface area contributed by atoms with E-state index in [4.69, 9.17) is 18.9 Å². The molecule has 1 N–H and O–H groups in total. The van der Waals surface area contributed by atoms with Crippen LogP contribution in [0, 0.1) is 0 Å². The summed E-state index contributed by atoms with van der Waals surface area (Å²) in [6, 6.07) is 6.90. The molecule has 1 aromatic heterocycles. The van der Waals surface area contributed by atoms with Gasteiger partial charge in [0.05, 0.1) is 25.9 Å². The number of hydrogen-bond donors (Lipinski definition) is 1. The number of benzene rings is 1. The van der Waals surface area contributed by atoms with E-state index in [2.05, 4.69) is 15.3 Å². The van der Waals surface area contributed by atoms with Gasteiger partial charge in [-0.25, -0.2) is 19.5 Å². The first-order valence-electron chi connectivity index (χ1n) is 12.5. The summed E-state index contributed by atoms with van der Waals surface area (Å²) >= 11 is 0. The Balaban J connectivity index is 1.32. The molecule has 3 heterocycles. The van der Waals surface area contributed by atoms with Gasteiger partial charge in [0, 0.05) is 12.5 Å². The zero-order chi connectivity index (χ0) is 27.0. The van der Waals surface area contributed by atoms with Gasteiger partial charge in [0.15, 0.2) is 18.2 Å². The summed E-state index contributed by atoms with van der Waals surface area (Å²) in [7, 11) is 1.59. The van der Waals surface area contributed by atoms with Crippen molar-refractivity contribution >= 4 is 29.9 Å². The molecule has 1 aliphatic carbocycles. The summed E-state index contributed by atoms with van der Waals surface area (Å²) in [5.41, 5.74) is 0.275. The summed E-state index contributed by atoms with van der Waals surface area (Å²) < 4.78 is 21.8. The van der Waals surface area contributed by atoms with Crippen LogP contribution in [0.25, 0.3) is 0 Å². The fraction of sp³-hybridized carbons (Fsp3) is 0.500. The maximum absolute atomic E-state index is 12.9. The summed E-state index contributed by atoms with van der Waals surface area (Å²) in [6.45, 7) is 5.54. The van der Waals surface area contributed by atoms with E-state index in [1.807, 2.05) is 24.3 Å². The second-order valence-corrected chi connectivity index (χ2v) is 10.5. The average molecular weight is 526 g/mol. The second kappa shape index (κ2) is 9.99. The molecule has 0 radical (unpaired) electrons. The number of aromatic nitrogens is 2. The first-order chi connectivity index (χ1) is 18.1. The third-order valence-electron chi connectivity index (χ3n) is 6.60. The molecule has 2 aromatic rings. The van der Waals surface area contributed by atoms with Gasteiger partial charge in [0.25, 0.3) is 5.91 Å². The van der Waals surface area contributed by atoms with Crippen LogP contribution in [0.15, 0.2) is 30.5 Å². The molecular weight excluding hydrogens is 494 g/mol. The van der Waals surface area contributed by atoms with E-state index in [1.54, 1.807) is 27.9 Å². The van der Waals surface area contributed by atoms with E-state index in [1.165, 1.54) is 16.0 Å². The molecular formula is C26H31N5O7. The third-order valence-corrected chi connectivity index (χ3v) is 6.60. The molecule has 3 amide bonds. The smallest absolute Gasteiger partial charge is 0.417 e. The van der Waals surface area contributed by atoms with Gasteiger partial charge >= 0.3 is 12.2 Å². The number of fused-ring (bicyclic) bond motifs is 2. The monoisotopic (exact) mass is 525 g/mol. The number of carbonyl (C=O) groups is 3. The summed E-state index contributed by atoms with van der Waals surface area (Å²) in [5, 5.41) is 2.87. The van der Waals surface area contributed by atoms with E-state index in [0.717, 1.165) is 5.56 Å². The Morgan fingerprint density at radius 3 is 2.66 bits per heavy atom. The fourth-order valence-corrected chi connectivity index (χ4v) is 4.87. The average Bonchev–Trinajstić information content (AvgIpc) is 3.19. The number of nitrogens with one attached hydrogen (secondary N) is 1. The number of methoxy groups -OCH3 is 1. The van der Waals surface area contributed by atoms with Crippen LogP contribution in [-0.4, -0.2) is 65.6 Å². The van der Waals surface area contributed by atoms with Crippen molar-refractivity contribution in [3.63, 3.8) is 0 Å². The predicted octanol–water partition coefficient (Wildman–Crippen LogP) is 3.18. The van der Waals surface area contributed by atoms with Crippen molar-refractivity contribution < 1.29 is 33.3 Å². The lowest BCUT2D eigenvalue weighted by molar-refractivity contribution is -0.121. The van der Waals surface area contributed by atoms with Crippen LogP contribution in [0.3, 0.4) is 0 Å². The van der Waals surface area contributed by atoms with E-state index in [-0.39, 0.29) is 37.1 Å². The normalized spacial score (nSPS) is 22.7. The minimum absolute atomic E-state index is 0.131. The maximum Gasteiger partial charge on any atom is 0.417 e. The lowest BCUT2D eigenvalue weighted by Crippen LogP contribution is -2.48. The quantitative estimate of drug-likeness (QED) is 0.625. The molecule has 3 atom stereocenters. The van der Waals surface area contributed by atoms with Crippen LogP contribution in [0.4, 0.5) is 21.4 Å². The van der Waals surface area contributed by atoms with Crippen LogP contribution in [0.5, 0.6) is 11.5 Å². The Labute approximate surface area is 220 Å². The zero-order valence-electron chi connectivity index (χ0n) is 21.8. The van der Waals surface area contributed by atoms with Crippen molar-refractivity contribution in [2.75, 3.05) is 23.5 Å². The van der Waals surface area contributed by atoms with Crippen molar-refractivity contribution in [3.05, 3.63) is 36.0 Å². The Hall–Kier alpha value is -4.09.